The number of nitriles is 1. The molecule has 0 amide bonds. The average Bonchev–Trinajstić information content (AvgIpc) is 2.41. The molecule has 102 valence electrons. The summed E-state index contributed by atoms with van der Waals surface area (Å²) in [4.78, 5) is 0. The summed E-state index contributed by atoms with van der Waals surface area (Å²) in [5.74, 6) is 0.280. The van der Waals surface area contributed by atoms with Gasteiger partial charge in [-0.2, -0.15) is 5.26 Å². The largest absolute Gasteiger partial charge is 0.457 e. The van der Waals surface area contributed by atoms with Crippen LogP contribution in [-0.2, 0) is 0 Å². The van der Waals surface area contributed by atoms with Gasteiger partial charge in [0.15, 0.2) is 0 Å². The molecule has 0 bridgehead atoms. The smallest absolute Gasteiger partial charge is 0.144 e. The van der Waals surface area contributed by atoms with Crippen LogP contribution in [-0.4, -0.2) is 0 Å². The molecule has 0 fully saturated rings. The molecule has 20 heavy (non-hydrogen) atoms. The number of benzene rings is 2. The minimum atomic E-state index is -0.607. The second-order valence-electron chi connectivity index (χ2n) is 4.33. The van der Waals surface area contributed by atoms with Gasteiger partial charge in [-0.05, 0) is 37.3 Å². The first-order chi connectivity index (χ1) is 9.51. The van der Waals surface area contributed by atoms with Gasteiger partial charge in [0.05, 0.1) is 5.56 Å². The summed E-state index contributed by atoms with van der Waals surface area (Å²) in [6, 6.07) is 11.1. The van der Waals surface area contributed by atoms with E-state index in [1.807, 2.05) is 19.1 Å². The summed E-state index contributed by atoms with van der Waals surface area (Å²) in [5, 5.41) is 8.69. The first-order valence-corrected chi connectivity index (χ1v) is 6.73. The van der Waals surface area contributed by atoms with Crippen LogP contribution >= 0.6 is 15.9 Å². The van der Waals surface area contributed by atoms with Crippen LogP contribution < -0.4 is 10.5 Å². The Kier molecular flexibility index (Phi) is 4.38. The maximum atomic E-state index is 13.5. The Morgan fingerprint density at radius 3 is 2.65 bits per heavy atom. The molecule has 0 saturated carbocycles. The fraction of sp³-hybridized carbons (Fsp3) is 0.133. The van der Waals surface area contributed by atoms with E-state index in [1.54, 1.807) is 18.2 Å². The zero-order valence-corrected chi connectivity index (χ0v) is 12.3. The van der Waals surface area contributed by atoms with Crippen LogP contribution in [0.4, 0.5) is 4.39 Å². The number of hydrogen-bond acceptors (Lipinski definition) is 3. The Morgan fingerprint density at radius 2 is 2.05 bits per heavy atom. The van der Waals surface area contributed by atoms with Gasteiger partial charge in [-0.15, -0.1) is 0 Å². The van der Waals surface area contributed by atoms with Gasteiger partial charge in [0.25, 0.3) is 0 Å². The molecule has 2 N–H and O–H groups in total. The molecule has 3 nitrogen and oxygen atoms in total. The Balaban J connectivity index is 2.35. The normalized spacial score (nSPS) is 11.8. The summed E-state index contributed by atoms with van der Waals surface area (Å²) in [6.07, 6.45) is 0. The molecule has 0 aliphatic carbocycles. The van der Waals surface area contributed by atoms with E-state index < -0.39 is 5.82 Å². The van der Waals surface area contributed by atoms with Gasteiger partial charge in [-0.25, -0.2) is 4.39 Å². The maximum absolute atomic E-state index is 13.5. The van der Waals surface area contributed by atoms with E-state index in [0.717, 1.165) is 10.0 Å². The molecular formula is C15H12BrFN2O. The van der Waals surface area contributed by atoms with Gasteiger partial charge in [0, 0.05) is 22.1 Å². The Morgan fingerprint density at radius 1 is 1.30 bits per heavy atom. The summed E-state index contributed by atoms with van der Waals surface area (Å²) in [5.41, 5.74) is 6.69. The molecule has 2 rings (SSSR count). The van der Waals surface area contributed by atoms with Crippen LogP contribution in [0.3, 0.4) is 0 Å². The van der Waals surface area contributed by atoms with Crippen molar-refractivity contribution >= 4 is 15.9 Å². The minimum absolute atomic E-state index is 0.0134. The fourth-order valence-electron chi connectivity index (χ4n) is 1.75. The highest BCUT2D eigenvalue weighted by atomic mass is 79.9. The first kappa shape index (κ1) is 14.5. The number of rotatable bonds is 3. The SMILES string of the molecule is CC(N)c1cc(Br)ccc1Oc1ccc(C#N)c(F)c1. The van der Waals surface area contributed by atoms with Crippen LogP contribution in [0.2, 0.25) is 0 Å². The standard InChI is InChI=1S/C15H12BrFN2O/c1-9(19)13-6-11(16)3-5-15(13)20-12-4-2-10(8-18)14(17)7-12/h2-7,9H,19H2,1H3. The van der Waals surface area contributed by atoms with Crippen molar-refractivity contribution in [1.82, 2.24) is 0 Å². The van der Waals surface area contributed by atoms with E-state index in [4.69, 9.17) is 15.7 Å². The Labute approximate surface area is 124 Å². The van der Waals surface area contributed by atoms with Gasteiger partial charge < -0.3 is 10.5 Å². The van der Waals surface area contributed by atoms with E-state index >= 15 is 0 Å². The molecule has 0 heterocycles. The second-order valence-corrected chi connectivity index (χ2v) is 5.24. The van der Waals surface area contributed by atoms with Crippen molar-refractivity contribution in [2.75, 3.05) is 0 Å². The van der Waals surface area contributed by atoms with Crippen molar-refractivity contribution in [2.45, 2.75) is 13.0 Å². The summed E-state index contributed by atoms with van der Waals surface area (Å²) < 4.78 is 20.1. The third-order valence-corrected chi connectivity index (χ3v) is 3.24. The van der Waals surface area contributed by atoms with Crippen LogP contribution in [0.1, 0.15) is 24.1 Å². The summed E-state index contributed by atoms with van der Waals surface area (Å²) in [6.45, 7) is 1.84. The van der Waals surface area contributed by atoms with Crippen molar-refractivity contribution in [3.8, 4) is 17.6 Å². The quantitative estimate of drug-likeness (QED) is 0.911. The monoisotopic (exact) mass is 334 g/mol. The van der Waals surface area contributed by atoms with Crippen molar-refractivity contribution in [3.63, 3.8) is 0 Å². The van der Waals surface area contributed by atoms with Crippen LogP contribution in [0.25, 0.3) is 0 Å². The molecule has 0 spiro atoms. The third-order valence-electron chi connectivity index (χ3n) is 2.75. The number of hydrogen-bond donors (Lipinski definition) is 1. The van der Waals surface area contributed by atoms with Crippen LogP contribution in [0, 0.1) is 17.1 Å². The molecule has 0 aliphatic rings. The zero-order valence-electron chi connectivity index (χ0n) is 10.7. The minimum Gasteiger partial charge on any atom is -0.457 e. The maximum Gasteiger partial charge on any atom is 0.144 e. The molecule has 2 aromatic carbocycles. The number of nitrogens with zero attached hydrogens (tertiary/aromatic N) is 1. The molecule has 0 aliphatic heterocycles. The van der Waals surface area contributed by atoms with Crippen molar-refractivity contribution in [3.05, 3.63) is 57.8 Å². The van der Waals surface area contributed by atoms with Gasteiger partial charge in [0.2, 0.25) is 0 Å². The Bertz CT molecular complexity index is 680. The first-order valence-electron chi connectivity index (χ1n) is 5.94. The van der Waals surface area contributed by atoms with Gasteiger partial charge in [-0.1, -0.05) is 15.9 Å². The highest BCUT2D eigenvalue weighted by molar-refractivity contribution is 9.10. The van der Waals surface area contributed by atoms with E-state index in [2.05, 4.69) is 15.9 Å². The number of halogens is 2. The Hall–Kier alpha value is -1.90. The molecule has 2 aromatic rings. The molecule has 0 radical (unpaired) electrons. The lowest BCUT2D eigenvalue weighted by Crippen LogP contribution is -2.06. The molecule has 1 unspecified atom stereocenters. The van der Waals surface area contributed by atoms with Crippen molar-refractivity contribution in [2.24, 2.45) is 5.73 Å². The number of nitrogens with two attached hydrogens (primary N) is 1. The molecule has 0 aromatic heterocycles. The van der Waals surface area contributed by atoms with Gasteiger partial charge in [-0.3, -0.25) is 0 Å². The predicted octanol–water partition coefficient (Wildman–Crippen LogP) is 4.27. The second kappa shape index (κ2) is 6.04. The summed E-state index contributed by atoms with van der Waals surface area (Å²) >= 11 is 3.37. The van der Waals surface area contributed by atoms with Crippen LogP contribution in [0.15, 0.2) is 40.9 Å². The van der Waals surface area contributed by atoms with Crippen molar-refractivity contribution in [1.29, 1.82) is 5.26 Å². The van der Waals surface area contributed by atoms with E-state index in [0.29, 0.717) is 11.5 Å². The average molecular weight is 335 g/mol. The lowest BCUT2D eigenvalue weighted by Gasteiger charge is -2.14. The lowest BCUT2D eigenvalue weighted by atomic mass is 10.1. The van der Waals surface area contributed by atoms with Gasteiger partial charge >= 0.3 is 0 Å². The molecular weight excluding hydrogens is 323 g/mol. The predicted molar refractivity (Wildman–Crippen MR) is 77.9 cm³/mol. The van der Waals surface area contributed by atoms with Crippen molar-refractivity contribution < 1.29 is 9.13 Å². The highest BCUT2D eigenvalue weighted by Gasteiger charge is 2.11. The zero-order chi connectivity index (χ0) is 14.7. The summed E-state index contributed by atoms with van der Waals surface area (Å²) in [7, 11) is 0. The van der Waals surface area contributed by atoms with Crippen LogP contribution in [0.5, 0.6) is 11.5 Å². The molecule has 5 heteroatoms. The molecule has 0 saturated heterocycles. The highest BCUT2D eigenvalue weighted by Crippen LogP contribution is 2.31. The topological polar surface area (TPSA) is 59.0 Å². The fourth-order valence-corrected chi connectivity index (χ4v) is 2.12. The van der Waals surface area contributed by atoms with E-state index in [-0.39, 0.29) is 11.6 Å². The van der Waals surface area contributed by atoms with E-state index in [9.17, 15) is 4.39 Å². The van der Waals surface area contributed by atoms with Gasteiger partial charge in [0.1, 0.15) is 23.4 Å². The van der Waals surface area contributed by atoms with E-state index in [1.165, 1.54) is 12.1 Å². The lowest BCUT2D eigenvalue weighted by molar-refractivity contribution is 0.466. The third kappa shape index (κ3) is 3.16. The molecule has 1 atom stereocenters. The number of ether oxygens (including phenoxy) is 1.